The van der Waals surface area contributed by atoms with Crippen molar-refractivity contribution in [3.63, 3.8) is 0 Å². The molecule has 0 aliphatic carbocycles. The number of halogens is 2. The van der Waals surface area contributed by atoms with Crippen LogP contribution in [0.4, 0.5) is 0 Å². The van der Waals surface area contributed by atoms with Crippen LogP contribution >= 0.6 is 23.2 Å². The standard InChI is InChI=1S/C39H38Cl2N6O3/c1-23-29(25-15-16-47-35(18-25)43-20-27(39(47)50)19-42-21-28-11-13-36(48)44-28)5-3-6-30(23)32-8-4-7-31(38(32)41)24-9-10-26(33(40)17-24)22-46(2)34-12-14-37(49)45-34/h3-10,15-18,20,28,34,42H,11-14,19,21-22H2,1-2H3,(H,44,48)(H,45,49)/t28-,34-/m0/s1. The number of carbonyl (C=O) groups excluding carboxylic acids is 2. The van der Waals surface area contributed by atoms with Crippen molar-refractivity contribution in [2.24, 2.45) is 0 Å². The van der Waals surface area contributed by atoms with Gasteiger partial charge in [0.1, 0.15) is 5.65 Å². The molecule has 2 atom stereocenters. The molecule has 2 aliphatic rings. The first kappa shape index (κ1) is 33.9. The van der Waals surface area contributed by atoms with Gasteiger partial charge >= 0.3 is 0 Å². The van der Waals surface area contributed by atoms with Gasteiger partial charge in [-0.25, -0.2) is 4.98 Å². The molecule has 3 aromatic carbocycles. The lowest BCUT2D eigenvalue weighted by molar-refractivity contribution is -0.120. The van der Waals surface area contributed by atoms with Crippen LogP contribution in [0.3, 0.4) is 0 Å². The molecule has 11 heteroatoms. The molecule has 9 nitrogen and oxygen atoms in total. The number of rotatable bonds is 10. The van der Waals surface area contributed by atoms with Crippen LogP contribution in [0.2, 0.25) is 10.0 Å². The number of nitrogens with zero attached hydrogens (tertiary/aromatic N) is 3. The molecule has 50 heavy (non-hydrogen) atoms. The Morgan fingerprint density at radius 2 is 1.58 bits per heavy atom. The normalized spacial score (nSPS) is 17.5. The number of hydrogen-bond acceptors (Lipinski definition) is 6. The summed E-state index contributed by atoms with van der Waals surface area (Å²) in [4.78, 5) is 43.2. The quantitative estimate of drug-likeness (QED) is 0.156. The van der Waals surface area contributed by atoms with Crippen LogP contribution in [0.25, 0.3) is 39.0 Å². The van der Waals surface area contributed by atoms with Crippen molar-refractivity contribution in [3.05, 3.63) is 116 Å². The SMILES string of the molecule is Cc1c(-c2ccn3c(=O)c(CNC[C@@H]4CCC(=O)N4)cnc3c2)cccc1-c1cccc(-c2ccc(CN(C)[C@H]3CCC(=O)N3)c(Cl)c2)c1Cl. The van der Waals surface area contributed by atoms with E-state index in [9.17, 15) is 14.4 Å². The van der Waals surface area contributed by atoms with Gasteiger partial charge in [-0.1, -0.05) is 71.7 Å². The largest absolute Gasteiger partial charge is 0.352 e. The minimum Gasteiger partial charge on any atom is -0.352 e. The summed E-state index contributed by atoms with van der Waals surface area (Å²) >= 11 is 13.9. The molecule has 2 amide bonds. The number of pyridine rings is 1. The average molecular weight is 710 g/mol. The van der Waals surface area contributed by atoms with Gasteiger partial charge < -0.3 is 16.0 Å². The number of amides is 2. The van der Waals surface area contributed by atoms with Gasteiger partial charge in [0.05, 0.1) is 11.2 Å². The Morgan fingerprint density at radius 3 is 2.32 bits per heavy atom. The second-order valence-electron chi connectivity index (χ2n) is 13.2. The van der Waals surface area contributed by atoms with E-state index < -0.39 is 0 Å². The highest BCUT2D eigenvalue weighted by molar-refractivity contribution is 6.36. The molecule has 2 saturated heterocycles. The predicted octanol–water partition coefficient (Wildman–Crippen LogP) is 6.35. The molecule has 0 radical (unpaired) electrons. The first-order valence-electron chi connectivity index (χ1n) is 16.8. The number of fused-ring (bicyclic) bond motifs is 1. The summed E-state index contributed by atoms with van der Waals surface area (Å²) in [7, 11) is 1.99. The minimum absolute atomic E-state index is 0.0112. The lowest BCUT2D eigenvalue weighted by atomic mass is 9.91. The van der Waals surface area contributed by atoms with Crippen molar-refractivity contribution in [1.29, 1.82) is 0 Å². The van der Waals surface area contributed by atoms with Crippen molar-refractivity contribution < 1.29 is 9.59 Å². The molecular formula is C39H38Cl2N6O3. The van der Waals surface area contributed by atoms with Crippen LogP contribution in [0.1, 0.15) is 42.4 Å². The third-order valence-electron chi connectivity index (χ3n) is 9.79. The van der Waals surface area contributed by atoms with Crippen molar-refractivity contribution in [2.75, 3.05) is 13.6 Å². The maximum absolute atomic E-state index is 13.3. The molecule has 2 fully saturated rings. The summed E-state index contributed by atoms with van der Waals surface area (Å²) in [6.07, 6.45) is 6.09. The molecule has 0 unspecified atom stereocenters. The van der Waals surface area contributed by atoms with Gasteiger partial charge in [0, 0.05) is 72.6 Å². The summed E-state index contributed by atoms with van der Waals surface area (Å²) in [5.41, 5.74) is 8.69. The smallest absolute Gasteiger partial charge is 0.262 e. The van der Waals surface area contributed by atoms with Crippen LogP contribution in [0.15, 0.2) is 83.9 Å². The van der Waals surface area contributed by atoms with E-state index in [1.165, 1.54) is 0 Å². The topological polar surface area (TPSA) is 108 Å². The highest BCUT2D eigenvalue weighted by Gasteiger charge is 2.25. The van der Waals surface area contributed by atoms with Crippen LogP contribution in [0.5, 0.6) is 0 Å². The molecule has 2 aromatic heterocycles. The Hall–Kier alpha value is -4.54. The maximum atomic E-state index is 13.3. The highest BCUT2D eigenvalue weighted by atomic mass is 35.5. The molecular weight excluding hydrogens is 671 g/mol. The zero-order valence-corrected chi connectivity index (χ0v) is 29.4. The molecule has 0 bridgehead atoms. The van der Waals surface area contributed by atoms with Crippen molar-refractivity contribution in [3.8, 4) is 33.4 Å². The fourth-order valence-electron chi connectivity index (χ4n) is 6.97. The molecule has 7 rings (SSSR count). The fourth-order valence-corrected chi connectivity index (χ4v) is 7.54. The van der Waals surface area contributed by atoms with Gasteiger partial charge in [-0.3, -0.25) is 23.7 Å². The van der Waals surface area contributed by atoms with Gasteiger partial charge in [-0.05, 0) is 78.4 Å². The lowest BCUT2D eigenvalue weighted by Crippen LogP contribution is -2.40. The van der Waals surface area contributed by atoms with Gasteiger partial charge in [-0.2, -0.15) is 0 Å². The van der Waals surface area contributed by atoms with Gasteiger partial charge in [-0.15, -0.1) is 0 Å². The van der Waals surface area contributed by atoms with E-state index in [-0.39, 0.29) is 29.6 Å². The first-order chi connectivity index (χ1) is 24.2. The predicted molar refractivity (Wildman–Crippen MR) is 198 cm³/mol. The molecule has 3 N–H and O–H groups in total. The fraction of sp³-hybridized carbons (Fsp3) is 0.282. The van der Waals surface area contributed by atoms with Crippen LogP contribution in [-0.2, 0) is 22.7 Å². The third kappa shape index (κ3) is 6.91. The Morgan fingerprint density at radius 1 is 0.860 bits per heavy atom. The molecule has 0 spiro atoms. The molecule has 5 aromatic rings. The summed E-state index contributed by atoms with van der Waals surface area (Å²) in [6, 6.07) is 22.1. The number of hydrogen-bond donors (Lipinski definition) is 3. The van der Waals surface area contributed by atoms with Gasteiger partial charge in [0.2, 0.25) is 11.8 Å². The van der Waals surface area contributed by atoms with Gasteiger partial charge in [0.15, 0.2) is 0 Å². The van der Waals surface area contributed by atoms with Crippen LogP contribution in [0, 0.1) is 6.92 Å². The third-order valence-corrected chi connectivity index (χ3v) is 10.6. The molecule has 0 saturated carbocycles. The number of carbonyl (C=O) groups is 2. The summed E-state index contributed by atoms with van der Waals surface area (Å²) < 4.78 is 1.57. The van der Waals surface area contributed by atoms with E-state index in [0.29, 0.717) is 53.7 Å². The maximum Gasteiger partial charge on any atom is 0.262 e. The summed E-state index contributed by atoms with van der Waals surface area (Å²) in [5, 5.41) is 10.5. The van der Waals surface area contributed by atoms with E-state index in [0.717, 1.165) is 57.3 Å². The zero-order chi connectivity index (χ0) is 34.9. The zero-order valence-electron chi connectivity index (χ0n) is 27.9. The summed E-state index contributed by atoms with van der Waals surface area (Å²) in [6.45, 7) is 3.67. The van der Waals surface area contributed by atoms with Crippen LogP contribution < -0.4 is 21.5 Å². The Balaban J connectivity index is 1.12. The van der Waals surface area contributed by atoms with Crippen molar-refractivity contribution in [2.45, 2.75) is 57.9 Å². The Labute approximate surface area is 300 Å². The second-order valence-corrected chi connectivity index (χ2v) is 13.9. The molecule has 2 aliphatic heterocycles. The van der Waals surface area contributed by atoms with E-state index in [1.807, 2.05) is 61.6 Å². The highest BCUT2D eigenvalue weighted by Crippen LogP contribution is 2.40. The Bertz CT molecular complexity index is 2180. The number of nitrogens with one attached hydrogen (secondary N) is 3. The molecule has 4 heterocycles. The first-order valence-corrected chi connectivity index (χ1v) is 17.6. The lowest BCUT2D eigenvalue weighted by Gasteiger charge is -2.24. The monoisotopic (exact) mass is 708 g/mol. The van der Waals surface area contributed by atoms with Crippen molar-refractivity contribution in [1.82, 2.24) is 30.2 Å². The second kappa shape index (κ2) is 14.4. The van der Waals surface area contributed by atoms with E-state index in [2.05, 4.69) is 44.9 Å². The van der Waals surface area contributed by atoms with E-state index >= 15 is 0 Å². The number of aromatic nitrogens is 2. The van der Waals surface area contributed by atoms with E-state index in [4.69, 9.17) is 23.2 Å². The molecule has 256 valence electrons. The summed E-state index contributed by atoms with van der Waals surface area (Å²) in [5.74, 6) is 0.152. The van der Waals surface area contributed by atoms with Gasteiger partial charge in [0.25, 0.3) is 5.56 Å². The average Bonchev–Trinajstić information content (AvgIpc) is 3.74. The number of benzene rings is 3. The van der Waals surface area contributed by atoms with Crippen LogP contribution in [-0.4, -0.2) is 51.9 Å². The van der Waals surface area contributed by atoms with E-state index in [1.54, 1.807) is 16.8 Å². The Kier molecular flexibility index (Phi) is 9.75. The minimum atomic E-state index is -0.124. The van der Waals surface area contributed by atoms with Crippen molar-refractivity contribution >= 4 is 40.7 Å².